The maximum Gasteiger partial charge on any atom is 0.248 e. The van der Waals surface area contributed by atoms with Crippen LogP contribution < -0.4 is 5.73 Å². The molecular weight excluding hydrogens is 132 g/mol. The van der Waals surface area contributed by atoms with Crippen LogP contribution in [-0.4, -0.2) is 43.7 Å². The van der Waals surface area contributed by atoms with E-state index >= 15 is 0 Å². The predicted octanol–water partition coefficient (Wildman–Crippen LogP) is -1.20. The molecule has 4 heteroatoms. The molecule has 4 nitrogen and oxygen atoms in total. The Bertz CT molecular complexity index is 138. The average molecular weight is 144 g/mol. The Morgan fingerprint density at radius 1 is 1.90 bits per heavy atom. The molecule has 0 spiro atoms. The van der Waals surface area contributed by atoms with E-state index in [4.69, 9.17) is 10.5 Å². The van der Waals surface area contributed by atoms with E-state index in [9.17, 15) is 4.79 Å². The molecule has 0 radical (unpaired) electrons. The molecule has 1 aliphatic heterocycles. The maximum atomic E-state index is 10.9. The first kappa shape index (κ1) is 7.50. The van der Waals surface area contributed by atoms with Gasteiger partial charge in [-0.05, 0) is 0 Å². The SMILES string of the molecule is CN1C(=O)COC[C@H]1CN. The third-order valence-electron chi connectivity index (χ3n) is 1.75. The summed E-state index contributed by atoms with van der Waals surface area (Å²) in [5.41, 5.74) is 5.38. The number of ether oxygens (including phenoxy) is 1. The molecule has 1 amide bonds. The van der Waals surface area contributed by atoms with Gasteiger partial charge in [0.1, 0.15) is 6.61 Å². The molecule has 1 fully saturated rings. The number of morpholine rings is 1. The standard InChI is InChI=1S/C6H12N2O2/c1-8-5(2-7)3-10-4-6(8)9/h5H,2-4,7H2,1H3/t5-/m1/s1. The number of hydrogen-bond donors (Lipinski definition) is 1. The van der Waals surface area contributed by atoms with E-state index in [1.165, 1.54) is 0 Å². The maximum absolute atomic E-state index is 10.9. The van der Waals surface area contributed by atoms with Crippen LogP contribution in [0.2, 0.25) is 0 Å². The van der Waals surface area contributed by atoms with Crippen LogP contribution in [0.4, 0.5) is 0 Å². The van der Waals surface area contributed by atoms with Gasteiger partial charge in [0.25, 0.3) is 0 Å². The predicted molar refractivity (Wildman–Crippen MR) is 36.4 cm³/mol. The Balaban J connectivity index is 2.51. The summed E-state index contributed by atoms with van der Waals surface area (Å²) in [5, 5.41) is 0. The molecule has 1 aliphatic rings. The number of nitrogens with two attached hydrogens (primary N) is 1. The van der Waals surface area contributed by atoms with Gasteiger partial charge in [0, 0.05) is 13.6 Å². The summed E-state index contributed by atoms with van der Waals surface area (Å²) in [5.74, 6) is 0.0155. The molecule has 1 atom stereocenters. The van der Waals surface area contributed by atoms with Crippen LogP contribution in [0, 0.1) is 0 Å². The van der Waals surface area contributed by atoms with Crippen LogP contribution in [-0.2, 0) is 9.53 Å². The number of hydrogen-bond acceptors (Lipinski definition) is 3. The third-order valence-corrected chi connectivity index (χ3v) is 1.75. The van der Waals surface area contributed by atoms with E-state index in [1.807, 2.05) is 0 Å². The summed E-state index contributed by atoms with van der Waals surface area (Å²) < 4.78 is 4.98. The first-order chi connectivity index (χ1) is 4.75. The lowest BCUT2D eigenvalue weighted by atomic mass is 10.2. The van der Waals surface area contributed by atoms with Gasteiger partial charge in [0.05, 0.1) is 12.6 Å². The molecule has 58 valence electrons. The largest absolute Gasteiger partial charge is 0.369 e. The number of rotatable bonds is 1. The van der Waals surface area contributed by atoms with Gasteiger partial charge < -0.3 is 15.4 Å². The minimum atomic E-state index is 0.0155. The molecule has 0 unspecified atom stereocenters. The highest BCUT2D eigenvalue weighted by Gasteiger charge is 2.23. The van der Waals surface area contributed by atoms with Crippen molar-refractivity contribution in [1.29, 1.82) is 0 Å². The van der Waals surface area contributed by atoms with Crippen molar-refractivity contribution < 1.29 is 9.53 Å². The highest BCUT2D eigenvalue weighted by atomic mass is 16.5. The highest BCUT2D eigenvalue weighted by molar-refractivity contribution is 5.78. The van der Waals surface area contributed by atoms with Crippen LogP contribution in [0.5, 0.6) is 0 Å². The number of nitrogens with zero attached hydrogens (tertiary/aromatic N) is 1. The van der Waals surface area contributed by atoms with Crippen molar-refractivity contribution in [2.75, 3.05) is 26.8 Å². The van der Waals surface area contributed by atoms with E-state index < -0.39 is 0 Å². The Morgan fingerprint density at radius 2 is 2.60 bits per heavy atom. The molecule has 0 bridgehead atoms. The van der Waals surface area contributed by atoms with Gasteiger partial charge in [-0.3, -0.25) is 4.79 Å². The zero-order chi connectivity index (χ0) is 7.56. The molecule has 1 heterocycles. The van der Waals surface area contributed by atoms with Gasteiger partial charge >= 0.3 is 0 Å². The van der Waals surface area contributed by atoms with Crippen LogP contribution in [0.1, 0.15) is 0 Å². The summed E-state index contributed by atoms with van der Waals surface area (Å²) in [6, 6.07) is 0.0706. The zero-order valence-electron chi connectivity index (χ0n) is 6.04. The van der Waals surface area contributed by atoms with Gasteiger partial charge in [-0.25, -0.2) is 0 Å². The van der Waals surface area contributed by atoms with Crippen molar-refractivity contribution in [3.63, 3.8) is 0 Å². The third kappa shape index (κ3) is 1.27. The van der Waals surface area contributed by atoms with Crippen molar-refractivity contribution in [1.82, 2.24) is 4.90 Å². The van der Waals surface area contributed by atoms with Gasteiger partial charge in [0.15, 0.2) is 0 Å². The Labute approximate surface area is 59.9 Å². The number of carbonyl (C=O) groups excluding carboxylic acids is 1. The highest BCUT2D eigenvalue weighted by Crippen LogP contribution is 2.02. The Kier molecular flexibility index (Phi) is 2.24. The number of carbonyl (C=O) groups is 1. The second kappa shape index (κ2) is 2.98. The summed E-state index contributed by atoms with van der Waals surface area (Å²) in [7, 11) is 1.75. The fourth-order valence-electron chi connectivity index (χ4n) is 0.926. The van der Waals surface area contributed by atoms with Gasteiger partial charge in [-0.1, -0.05) is 0 Å². The lowest BCUT2D eigenvalue weighted by Crippen LogP contribution is -2.50. The van der Waals surface area contributed by atoms with Crippen molar-refractivity contribution in [3.05, 3.63) is 0 Å². The molecule has 2 N–H and O–H groups in total. The van der Waals surface area contributed by atoms with Crippen LogP contribution in [0.15, 0.2) is 0 Å². The number of likely N-dealkylation sites (N-methyl/N-ethyl adjacent to an activating group) is 1. The van der Waals surface area contributed by atoms with E-state index in [0.29, 0.717) is 13.2 Å². The van der Waals surface area contributed by atoms with Crippen LogP contribution in [0.25, 0.3) is 0 Å². The lowest BCUT2D eigenvalue weighted by molar-refractivity contribution is -0.145. The molecule has 0 aromatic rings. The summed E-state index contributed by atoms with van der Waals surface area (Å²) >= 11 is 0. The van der Waals surface area contributed by atoms with E-state index in [-0.39, 0.29) is 18.6 Å². The second-order valence-electron chi connectivity index (χ2n) is 2.41. The molecule has 10 heavy (non-hydrogen) atoms. The summed E-state index contributed by atoms with van der Waals surface area (Å²) in [6.07, 6.45) is 0. The Hall–Kier alpha value is -0.610. The molecule has 1 rings (SSSR count). The molecule has 0 aromatic carbocycles. The molecule has 0 aliphatic carbocycles. The smallest absolute Gasteiger partial charge is 0.248 e. The van der Waals surface area contributed by atoms with Crippen LogP contribution in [0.3, 0.4) is 0 Å². The van der Waals surface area contributed by atoms with Gasteiger partial charge in [0.2, 0.25) is 5.91 Å². The van der Waals surface area contributed by atoms with Crippen LogP contribution >= 0.6 is 0 Å². The molecule has 1 saturated heterocycles. The first-order valence-electron chi connectivity index (χ1n) is 3.29. The lowest BCUT2D eigenvalue weighted by Gasteiger charge is -2.31. The first-order valence-corrected chi connectivity index (χ1v) is 3.29. The minimum absolute atomic E-state index is 0.0155. The zero-order valence-corrected chi connectivity index (χ0v) is 6.04. The van der Waals surface area contributed by atoms with E-state index in [0.717, 1.165) is 0 Å². The van der Waals surface area contributed by atoms with Crippen molar-refractivity contribution in [2.45, 2.75) is 6.04 Å². The normalized spacial score (nSPS) is 27.2. The fourth-order valence-corrected chi connectivity index (χ4v) is 0.926. The van der Waals surface area contributed by atoms with E-state index in [1.54, 1.807) is 11.9 Å². The average Bonchev–Trinajstić information content (AvgIpc) is 1.95. The monoisotopic (exact) mass is 144 g/mol. The topological polar surface area (TPSA) is 55.6 Å². The Morgan fingerprint density at radius 3 is 3.10 bits per heavy atom. The summed E-state index contributed by atoms with van der Waals surface area (Å²) in [4.78, 5) is 12.6. The van der Waals surface area contributed by atoms with E-state index in [2.05, 4.69) is 0 Å². The number of amides is 1. The minimum Gasteiger partial charge on any atom is -0.369 e. The molecular formula is C6H12N2O2. The molecule has 0 aromatic heterocycles. The van der Waals surface area contributed by atoms with Gasteiger partial charge in [-0.2, -0.15) is 0 Å². The van der Waals surface area contributed by atoms with Crippen molar-refractivity contribution >= 4 is 5.91 Å². The molecule has 0 saturated carbocycles. The second-order valence-corrected chi connectivity index (χ2v) is 2.41. The van der Waals surface area contributed by atoms with Gasteiger partial charge in [-0.15, -0.1) is 0 Å². The van der Waals surface area contributed by atoms with Crippen molar-refractivity contribution in [2.24, 2.45) is 5.73 Å². The van der Waals surface area contributed by atoms with Crippen molar-refractivity contribution in [3.8, 4) is 0 Å². The quantitative estimate of drug-likeness (QED) is 0.503. The fraction of sp³-hybridized carbons (Fsp3) is 0.833. The summed E-state index contributed by atoms with van der Waals surface area (Å²) in [6.45, 7) is 1.24.